The quantitative estimate of drug-likeness (QED) is 0.599. The van der Waals surface area contributed by atoms with Crippen LogP contribution in [-0.2, 0) is 0 Å². The van der Waals surface area contributed by atoms with Crippen LogP contribution in [0.1, 0.15) is 11.1 Å². The van der Waals surface area contributed by atoms with Crippen molar-refractivity contribution in [3.63, 3.8) is 0 Å². The van der Waals surface area contributed by atoms with Gasteiger partial charge in [-0.05, 0) is 25.5 Å². The summed E-state index contributed by atoms with van der Waals surface area (Å²) < 4.78 is 1.52. The predicted molar refractivity (Wildman–Crippen MR) is 67.1 cm³/mol. The van der Waals surface area contributed by atoms with Crippen molar-refractivity contribution in [3.05, 3.63) is 52.1 Å². The number of hydrogen-bond donors (Lipinski definition) is 2. The average molecular weight is 230 g/mol. The fourth-order valence-electron chi connectivity index (χ4n) is 1.78. The molecule has 1 heterocycles. The number of aryl methyl sites for hydroxylation is 2. The molecule has 0 saturated carbocycles. The Labute approximate surface area is 98.9 Å². The zero-order valence-corrected chi connectivity index (χ0v) is 9.77. The molecular weight excluding hydrogens is 216 g/mol. The number of hydrazine groups is 1. The maximum absolute atomic E-state index is 12.0. The Morgan fingerprint density at radius 2 is 2.12 bits per heavy atom. The number of benzene rings is 1. The largest absolute Gasteiger partial charge is 0.304 e. The summed E-state index contributed by atoms with van der Waals surface area (Å²) in [5, 5.41) is 0. The van der Waals surface area contributed by atoms with Gasteiger partial charge in [-0.3, -0.25) is 9.36 Å². The third kappa shape index (κ3) is 2.05. The van der Waals surface area contributed by atoms with Gasteiger partial charge < -0.3 is 5.43 Å². The van der Waals surface area contributed by atoms with Crippen LogP contribution in [-0.4, -0.2) is 9.55 Å². The molecular formula is C12H14N4O. The van der Waals surface area contributed by atoms with Crippen LogP contribution in [0.4, 0.5) is 5.82 Å². The molecule has 5 nitrogen and oxygen atoms in total. The Kier molecular flexibility index (Phi) is 2.93. The van der Waals surface area contributed by atoms with Crippen LogP contribution in [0.3, 0.4) is 0 Å². The van der Waals surface area contributed by atoms with Gasteiger partial charge in [-0.2, -0.15) is 0 Å². The number of hydrogen-bond acceptors (Lipinski definition) is 4. The fourth-order valence-corrected chi connectivity index (χ4v) is 1.78. The Hall–Kier alpha value is -2.14. The van der Waals surface area contributed by atoms with E-state index in [9.17, 15) is 4.79 Å². The summed E-state index contributed by atoms with van der Waals surface area (Å²) in [7, 11) is 0. The van der Waals surface area contributed by atoms with Crippen molar-refractivity contribution in [3.8, 4) is 5.69 Å². The van der Waals surface area contributed by atoms with E-state index in [0.29, 0.717) is 0 Å². The van der Waals surface area contributed by atoms with Crippen LogP contribution in [0.5, 0.6) is 0 Å². The molecule has 3 N–H and O–H groups in total. The minimum atomic E-state index is -0.262. The van der Waals surface area contributed by atoms with Gasteiger partial charge in [-0.1, -0.05) is 17.7 Å². The lowest BCUT2D eigenvalue weighted by Gasteiger charge is -2.10. The van der Waals surface area contributed by atoms with E-state index in [0.717, 1.165) is 16.8 Å². The molecule has 0 bridgehead atoms. The van der Waals surface area contributed by atoms with Gasteiger partial charge in [0.25, 0.3) is 5.56 Å². The van der Waals surface area contributed by atoms with Gasteiger partial charge in [-0.15, -0.1) is 0 Å². The average Bonchev–Trinajstić information content (AvgIpc) is 2.30. The summed E-state index contributed by atoms with van der Waals surface area (Å²) in [6.45, 7) is 3.98. The molecule has 0 aliphatic rings. The Morgan fingerprint density at radius 1 is 1.35 bits per heavy atom. The zero-order valence-electron chi connectivity index (χ0n) is 9.77. The van der Waals surface area contributed by atoms with Gasteiger partial charge in [-0.25, -0.2) is 10.8 Å². The minimum Gasteiger partial charge on any atom is -0.304 e. The topological polar surface area (TPSA) is 72.9 Å². The highest BCUT2D eigenvalue weighted by atomic mass is 16.1. The highest BCUT2D eigenvalue weighted by molar-refractivity contribution is 5.44. The summed E-state index contributed by atoms with van der Waals surface area (Å²) in [5.74, 6) is 5.37. The summed E-state index contributed by atoms with van der Waals surface area (Å²) in [6, 6.07) is 5.90. The molecule has 0 fully saturated rings. The lowest BCUT2D eigenvalue weighted by Crippen LogP contribution is -2.26. The number of nitrogens with two attached hydrogens (primary N) is 1. The van der Waals surface area contributed by atoms with Gasteiger partial charge >= 0.3 is 0 Å². The molecule has 0 aliphatic carbocycles. The molecule has 0 amide bonds. The van der Waals surface area contributed by atoms with Gasteiger partial charge in [0, 0.05) is 12.4 Å². The molecule has 17 heavy (non-hydrogen) atoms. The van der Waals surface area contributed by atoms with Crippen LogP contribution in [0, 0.1) is 13.8 Å². The highest BCUT2D eigenvalue weighted by Gasteiger charge is 2.07. The Bertz CT molecular complexity index is 604. The maximum atomic E-state index is 12.0. The maximum Gasteiger partial charge on any atom is 0.299 e. The van der Waals surface area contributed by atoms with Crippen LogP contribution < -0.4 is 16.8 Å². The number of rotatable bonds is 2. The summed E-state index contributed by atoms with van der Waals surface area (Å²) in [4.78, 5) is 15.9. The van der Waals surface area contributed by atoms with Gasteiger partial charge in [0.05, 0.1) is 5.69 Å². The Balaban J connectivity index is 2.65. The van der Waals surface area contributed by atoms with E-state index in [1.807, 2.05) is 32.0 Å². The second-order valence-corrected chi connectivity index (χ2v) is 3.89. The third-order valence-corrected chi connectivity index (χ3v) is 2.59. The minimum absolute atomic E-state index is 0.132. The van der Waals surface area contributed by atoms with Crippen molar-refractivity contribution in [2.75, 3.05) is 5.43 Å². The molecule has 0 unspecified atom stereocenters. The molecule has 0 radical (unpaired) electrons. The summed E-state index contributed by atoms with van der Waals surface area (Å²) >= 11 is 0. The number of nitrogen functional groups attached to an aromatic ring is 1. The number of nitrogens with one attached hydrogen (secondary N) is 1. The van der Waals surface area contributed by atoms with E-state index in [1.165, 1.54) is 10.8 Å². The van der Waals surface area contributed by atoms with Crippen molar-refractivity contribution in [2.45, 2.75) is 13.8 Å². The first-order valence-electron chi connectivity index (χ1n) is 5.25. The van der Waals surface area contributed by atoms with Gasteiger partial charge in [0.2, 0.25) is 5.82 Å². The highest BCUT2D eigenvalue weighted by Crippen LogP contribution is 2.13. The lowest BCUT2D eigenvalue weighted by molar-refractivity contribution is 0.943. The summed E-state index contributed by atoms with van der Waals surface area (Å²) in [5.41, 5.74) is 5.05. The van der Waals surface area contributed by atoms with E-state index in [-0.39, 0.29) is 11.4 Å². The van der Waals surface area contributed by atoms with Gasteiger partial charge in [0.1, 0.15) is 0 Å². The summed E-state index contributed by atoms with van der Waals surface area (Å²) in [6.07, 6.45) is 3.16. The van der Waals surface area contributed by atoms with Crippen LogP contribution in [0.2, 0.25) is 0 Å². The van der Waals surface area contributed by atoms with Crippen LogP contribution >= 0.6 is 0 Å². The second kappa shape index (κ2) is 4.39. The van der Waals surface area contributed by atoms with Gasteiger partial charge in [0.15, 0.2) is 0 Å². The SMILES string of the molecule is Cc1ccc(-n2ccnc(NN)c2=O)c(C)c1. The van der Waals surface area contributed by atoms with Crippen LogP contribution in [0.25, 0.3) is 5.69 Å². The zero-order chi connectivity index (χ0) is 12.4. The third-order valence-electron chi connectivity index (χ3n) is 2.59. The molecule has 0 atom stereocenters. The van der Waals surface area contributed by atoms with E-state index in [4.69, 9.17) is 5.84 Å². The second-order valence-electron chi connectivity index (χ2n) is 3.89. The number of anilines is 1. The molecule has 0 spiro atoms. The van der Waals surface area contributed by atoms with Crippen molar-refractivity contribution in [2.24, 2.45) is 5.84 Å². The van der Waals surface area contributed by atoms with Crippen molar-refractivity contribution in [1.29, 1.82) is 0 Å². The first kappa shape index (κ1) is 11.3. The molecule has 2 rings (SSSR count). The Morgan fingerprint density at radius 3 is 2.76 bits per heavy atom. The van der Waals surface area contributed by atoms with E-state index in [2.05, 4.69) is 10.4 Å². The fraction of sp³-hybridized carbons (Fsp3) is 0.167. The molecule has 5 heteroatoms. The first-order valence-corrected chi connectivity index (χ1v) is 5.25. The van der Waals surface area contributed by atoms with Crippen molar-refractivity contribution in [1.82, 2.24) is 9.55 Å². The molecule has 2 aromatic rings. The number of aromatic nitrogens is 2. The van der Waals surface area contributed by atoms with Crippen molar-refractivity contribution < 1.29 is 0 Å². The van der Waals surface area contributed by atoms with E-state index >= 15 is 0 Å². The van der Waals surface area contributed by atoms with Crippen LogP contribution in [0.15, 0.2) is 35.4 Å². The smallest absolute Gasteiger partial charge is 0.299 e. The van der Waals surface area contributed by atoms with Crippen molar-refractivity contribution >= 4 is 5.82 Å². The van der Waals surface area contributed by atoms with E-state index < -0.39 is 0 Å². The standard InChI is InChI=1S/C12H14N4O/c1-8-3-4-10(9(2)7-8)16-6-5-14-11(15-13)12(16)17/h3-7H,13H2,1-2H3,(H,14,15). The molecule has 1 aromatic heterocycles. The molecule has 88 valence electrons. The molecule has 1 aromatic carbocycles. The molecule has 0 aliphatic heterocycles. The normalized spacial score (nSPS) is 10.3. The first-order chi connectivity index (χ1) is 8.13. The monoisotopic (exact) mass is 230 g/mol. The lowest BCUT2D eigenvalue weighted by atomic mass is 10.1. The predicted octanol–water partition coefficient (Wildman–Crippen LogP) is 1.13. The van der Waals surface area contributed by atoms with E-state index in [1.54, 1.807) is 6.20 Å². The molecule has 0 saturated heterocycles. The number of nitrogens with zero attached hydrogens (tertiary/aromatic N) is 2.